The maximum absolute atomic E-state index is 5.86. The summed E-state index contributed by atoms with van der Waals surface area (Å²) >= 11 is 3.54. The fourth-order valence-corrected chi connectivity index (χ4v) is 3.01. The summed E-state index contributed by atoms with van der Waals surface area (Å²) in [4.78, 5) is 2.32. The van der Waals surface area contributed by atoms with Crippen molar-refractivity contribution in [3.05, 3.63) is 34.1 Å². The SMILES string of the molecule is CC(c1nnnn1C)N1CCOc2c(Br)cccc2C1. The van der Waals surface area contributed by atoms with E-state index < -0.39 is 0 Å². The minimum atomic E-state index is 0.142. The van der Waals surface area contributed by atoms with E-state index in [1.165, 1.54) is 5.56 Å². The van der Waals surface area contributed by atoms with Gasteiger partial charge < -0.3 is 4.74 Å². The number of aryl methyl sites for hydroxylation is 1. The van der Waals surface area contributed by atoms with Crippen LogP contribution in [0.2, 0.25) is 0 Å². The van der Waals surface area contributed by atoms with Crippen molar-refractivity contribution >= 4 is 15.9 Å². The van der Waals surface area contributed by atoms with Crippen LogP contribution in [0.5, 0.6) is 5.75 Å². The molecule has 0 bridgehead atoms. The Hall–Kier alpha value is -1.47. The van der Waals surface area contributed by atoms with E-state index in [0.717, 1.165) is 29.1 Å². The molecule has 2 aromatic rings. The van der Waals surface area contributed by atoms with E-state index in [2.05, 4.69) is 49.3 Å². The minimum Gasteiger partial charge on any atom is -0.491 e. The Kier molecular flexibility index (Phi) is 3.71. The van der Waals surface area contributed by atoms with E-state index in [1.54, 1.807) is 4.68 Å². The van der Waals surface area contributed by atoms with Gasteiger partial charge in [0.15, 0.2) is 5.82 Å². The third-order valence-corrected chi connectivity index (χ3v) is 4.25. The lowest BCUT2D eigenvalue weighted by molar-refractivity contribution is 0.171. The highest BCUT2D eigenvalue weighted by Crippen LogP contribution is 2.33. The Labute approximate surface area is 125 Å². The molecule has 0 amide bonds. The fraction of sp³-hybridized carbons (Fsp3) is 0.462. The fourth-order valence-electron chi connectivity index (χ4n) is 2.49. The first-order valence-corrected chi connectivity index (χ1v) is 7.32. The van der Waals surface area contributed by atoms with E-state index in [-0.39, 0.29) is 6.04 Å². The zero-order valence-corrected chi connectivity index (χ0v) is 13.0. The lowest BCUT2D eigenvalue weighted by Crippen LogP contribution is -2.30. The number of hydrogen-bond acceptors (Lipinski definition) is 5. The van der Waals surface area contributed by atoms with Crippen molar-refractivity contribution in [3.8, 4) is 5.75 Å². The first kappa shape index (κ1) is 13.5. The average molecular weight is 338 g/mol. The summed E-state index contributed by atoms with van der Waals surface area (Å²) in [6, 6.07) is 6.28. The van der Waals surface area contributed by atoms with Gasteiger partial charge in [-0.25, -0.2) is 4.68 Å². The molecule has 0 N–H and O–H groups in total. The number of hydrogen-bond donors (Lipinski definition) is 0. The zero-order chi connectivity index (χ0) is 14.1. The minimum absolute atomic E-state index is 0.142. The number of nitrogens with zero attached hydrogens (tertiary/aromatic N) is 5. The van der Waals surface area contributed by atoms with Gasteiger partial charge in [-0.15, -0.1) is 5.10 Å². The molecule has 1 aromatic carbocycles. The van der Waals surface area contributed by atoms with Gasteiger partial charge >= 0.3 is 0 Å². The number of para-hydroxylation sites is 1. The van der Waals surface area contributed by atoms with Crippen molar-refractivity contribution in [1.29, 1.82) is 0 Å². The summed E-state index contributed by atoms with van der Waals surface area (Å²) in [5.41, 5.74) is 1.18. The highest BCUT2D eigenvalue weighted by atomic mass is 79.9. The summed E-state index contributed by atoms with van der Waals surface area (Å²) in [6.07, 6.45) is 0. The molecule has 0 saturated heterocycles. The van der Waals surface area contributed by atoms with E-state index >= 15 is 0 Å². The predicted molar refractivity (Wildman–Crippen MR) is 77.3 cm³/mol. The summed E-state index contributed by atoms with van der Waals surface area (Å²) in [5.74, 6) is 1.81. The first-order valence-electron chi connectivity index (χ1n) is 6.53. The normalized spacial score (nSPS) is 17.1. The Balaban J connectivity index is 1.88. The van der Waals surface area contributed by atoms with Crippen LogP contribution in [-0.2, 0) is 13.6 Å². The van der Waals surface area contributed by atoms with Crippen molar-refractivity contribution in [2.75, 3.05) is 13.2 Å². The molecule has 1 aromatic heterocycles. The molecule has 6 nitrogen and oxygen atoms in total. The van der Waals surface area contributed by atoms with Crippen molar-refractivity contribution in [3.63, 3.8) is 0 Å². The Morgan fingerprint density at radius 2 is 2.25 bits per heavy atom. The smallest absolute Gasteiger partial charge is 0.167 e. The molecule has 2 heterocycles. The van der Waals surface area contributed by atoms with Crippen molar-refractivity contribution in [2.24, 2.45) is 7.05 Å². The van der Waals surface area contributed by atoms with Crippen LogP contribution in [0.4, 0.5) is 0 Å². The predicted octanol–water partition coefficient (Wildman–Crippen LogP) is 1.93. The molecule has 1 aliphatic heterocycles. The average Bonchev–Trinajstić information content (AvgIpc) is 2.73. The molecule has 1 aliphatic rings. The van der Waals surface area contributed by atoms with E-state index in [1.807, 2.05) is 19.2 Å². The van der Waals surface area contributed by atoms with E-state index in [4.69, 9.17) is 4.74 Å². The molecule has 1 unspecified atom stereocenters. The largest absolute Gasteiger partial charge is 0.491 e. The van der Waals surface area contributed by atoms with Gasteiger partial charge in [-0.2, -0.15) is 0 Å². The zero-order valence-electron chi connectivity index (χ0n) is 11.5. The molecular formula is C13H16BrN5O. The van der Waals surface area contributed by atoms with Crippen molar-refractivity contribution in [1.82, 2.24) is 25.1 Å². The van der Waals surface area contributed by atoms with Gasteiger partial charge in [-0.3, -0.25) is 4.90 Å². The first-order chi connectivity index (χ1) is 9.66. The molecule has 7 heteroatoms. The van der Waals surface area contributed by atoms with Crippen LogP contribution in [0.25, 0.3) is 0 Å². The molecule has 3 rings (SSSR count). The highest BCUT2D eigenvalue weighted by molar-refractivity contribution is 9.10. The highest BCUT2D eigenvalue weighted by Gasteiger charge is 2.24. The number of ether oxygens (including phenoxy) is 1. The van der Waals surface area contributed by atoms with E-state index in [0.29, 0.717) is 6.61 Å². The molecule has 0 fully saturated rings. The molecule has 0 saturated carbocycles. The van der Waals surface area contributed by atoms with Gasteiger partial charge in [0.05, 0.1) is 10.5 Å². The van der Waals surface area contributed by atoms with Gasteiger partial charge in [-0.05, 0) is 39.3 Å². The van der Waals surface area contributed by atoms with Crippen LogP contribution in [0.1, 0.15) is 24.4 Å². The molecular weight excluding hydrogens is 322 g/mol. The third-order valence-electron chi connectivity index (χ3n) is 3.62. The number of halogens is 1. The second-order valence-electron chi connectivity index (χ2n) is 4.88. The van der Waals surface area contributed by atoms with Crippen LogP contribution in [0, 0.1) is 0 Å². The van der Waals surface area contributed by atoms with E-state index in [9.17, 15) is 0 Å². The molecule has 20 heavy (non-hydrogen) atoms. The second kappa shape index (κ2) is 5.49. The number of aromatic nitrogens is 4. The summed E-state index contributed by atoms with van der Waals surface area (Å²) in [5, 5.41) is 11.7. The molecule has 0 aliphatic carbocycles. The van der Waals surface area contributed by atoms with Gasteiger partial charge in [0.1, 0.15) is 12.4 Å². The maximum atomic E-state index is 5.86. The van der Waals surface area contributed by atoms with Crippen LogP contribution in [0.15, 0.2) is 22.7 Å². The van der Waals surface area contributed by atoms with Crippen LogP contribution in [0.3, 0.4) is 0 Å². The summed E-state index contributed by atoms with van der Waals surface area (Å²) < 4.78 is 8.59. The molecule has 106 valence electrons. The van der Waals surface area contributed by atoms with Gasteiger partial charge in [0.2, 0.25) is 0 Å². The molecule has 0 spiro atoms. The monoisotopic (exact) mass is 337 g/mol. The quantitative estimate of drug-likeness (QED) is 0.838. The lowest BCUT2D eigenvalue weighted by Gasteiger charge is -2.25. The lowest BCUT2D eigenvalue weighted by atomic mass is 10.1. The van der Waals surface area contributed by atoms with Crippen LogP contribution >= 0.6 is 15.9 Å². The summed E-state index contributed by atoms with van der Waals surface area (Å²) in [7, 11) is 1.87. The Bertz CT molecular complexity index is 615. The number of rotatable bonds is 2. The topological polar surface area (TPSA) is 56.1 Å². The second-order valence-corrected chi connectivity index (χ2v) is 5.74. The molecule has 0 radical (unpaired) electrons. The van der Waals surface area contributed by atoms with Gasteiger partial charge in [0.25, 0.3) is 0 Å². The maximum Gasteiger partial charge on any atom is 0.167 e. The van der Waals surface area contributed by atoms with Crippen molar-refractivity contribution in [2.45, 2.75) is 19.5 Å². The Morgan fingerprint density at radius 3 is 3.00 bits per heavy atom. The molecule has 1 atom stereocenters. The summed E-state index contributed by atoms with van der Waals surface area (Å²) in [6.45, 7) is 4.44. The number of tetrazole rings is 1. The van der Waals surface area contributed by atoms with Crippen LogP contribution in [-0.4, -0.2) is 38.3 Å². The van der Waals surface area contributed by atoms with Crippen LogP contribution < -0.4 is 4.74 Å². The number of benzene rings is 1. The number of fused-ring (bicyclic) bond motifs is 1. The standard InChI is InChI=1S/C13H16BrN5O/c1-9(13-15-16-17-18(13)2)19-6-7-20-12-10(8-19)4-3-5-11(12)14/h3-5,9H,6-8H2,1-2H3. The van der Waals surface area contributed by atoms with Crippen molar-refractivity contribution < 1.29 is 4.74 Å². The third kappa shape index (κ3) is 2.43. The van der Waals surface area contributed by atoms with Gasteiger partial charge in [-0.1, -0.05) is 12.1 Å². The van der Waals surface area contributed by atoms with Gasteiger partial charge in [0, 0.05) is 25.7 Å². The Morgan fingerprint density at radius 1 is 1.40 bits per heavy atom.